The third-order valence-electron chi connectivity index (χ3n) is 10.0. The summed E-state index contributed by atoms with van der Waals surface area (Å²) in [6, 6.07) is -0.546. The van der Waals surface area contributed by atoms with E-state index in [1.54, 1.807) is 0 Å². The minimum absolute atomic E-state index is 0.0372. The molecule has 0 radical (unpaired) electrons. The van der Waals surface area contributed by atoms with Gasteiger partial charge in [0.25, 0.3) is 0 Å². The van der Waals surface area contributed by atoms with Gasteiger partial charge in [0.15, 0.2) is 0 Å². The fraction of sp³-hybridized carbons (Fsp3) is 0.930. The molecule has 0 aromatic rings. The number of allylic oxidation sites excluding steroid dienone is 2. The molecule has 0 aliphatic rings. The van der Waals surface area contributed by atoms with Crippen LogP contribution in [0.2, 0.25) is 0 Å². The topological polar surface area (TPSA) is 69.6 Å². The van der Waals surface area contributed by atoms with Crippen molar-refractivity contribution >= 4 is 5.91 Å². The zero-order valence-corrected chi connectivity index (χ0v) is 32.1. The predicted octanol–water partition coefficient (Wildman–Crippen LogP) is 13.1. The van der Waals surface area contributed by atoms with E-state index in [1.807, 2.05) is 0 Å². The second-order valence-electron chi connectivity index (χ2n) is 14.8. The van der Waals surface area contributed by atoms with Crippen LogP contribution in [0.1, 0.15) is 239 Å². The van der Waals surface area contributed by atoms with Crippen LogP contribution >= 0.6 is 0 Å². The lowest BCUT2D eigenvalue weighted by atomic mass is 10.0. The Morgan fingerprint density at radius 2 is 0.809 bits per heavy atom. The number of aliphatic hydroxyl groups excluding tert-OH is 2. The van der Waals surface area contributed by atoms with Gasteiger partial charge in [0.1, 0.15) is 0 Å². The normalized spacial score (nSPS) is 13.0. The Labute approximate surface area is 295 Å². The summed E-state index contributed by atoms with van der Waals surface area (Å²) in [6.07, 6.45) is 48.6. The Morgan fingerprint density at radius 3 is 1.17 bits per heavy atom. The smallest absolute Gasteiger partial charge is 0.220 e. The molecule has 0 aliphatic carbocycles. The minimum atomic E-state index is -0.676. The van der Waals surface area contributed by atoms with Crippen LogP contribution in [0, 0.1) is 0 Å². The Bertz CT molecular complexity index is 637. The van der Waals surface area contributed by atoms with E-state index in [9.17, 15) is 15.0 Å². The molecule has 280 valence electrons. The van der Waals surface area contributed by atoms with E-state index in [0.29, 0.717) is 12.8 Å². The van der Waals surface area contributed by atoms with Crippen molar-refractivity contribution in [2.75, 3.05) is 6.61 Å². The number of amides is 1. The average molecular weight is 664 g/mol. The van der Waals surface area contributed by atoms with Crippen molar-refractivity contribution in [3.8, 4) is 0 Å². The number of carbonyl (C=O) groups is 1. The van der Waals surface area contributed by atoms with Gasteiger partial charge in [-0.2, -0.15) is 0 Å². The molecule has 1 amide bonds. The van der Waals surface area contributed by atoms with Crippen molar-refractivity contribution in [1.82, 2.24) is 5.32 Å². The molecule has 47 heavy (non-hydrogen) atoms. The zero-order chi connectivity index (χ0) is 34.3. The minimum Gasteiger partial charge on any atom is -0.394 e. The number of nitrogens with one attached hydrogen (secondary N) is 1. The molecule has 0 saturated carbocycles. The van der Waals surface area contributed by atoms with Crippen molar-refractivity contribution in [3.05, 3.63) is 12.2 Å². The van der Waals surface area contributed by atoms with Crippen LogP contribution in [0.3, 0.4) is 0 Å². The molecular weight excluding hydrogens is 578 g/mol. The summed E-state index contributed by atoms with van der Waals surface area (Å²) >= 11 is 0. The molecule has 0 aromatic heterocycles. The van der Waals surface area contributed by atoms with Gasteiger partial charge in [0.2, 0.25) is 5.91 Å². The van der Waals surface area contributed by atoms with E-state index in [1.165, 1.54) is 180 Å². The first-order chi connectivity index (χ1) is 23.2. The van der Waals surface area contributed by atoms with E-state index in [2.05, 4.69) is 31.3 Å². The zero-order valence-electron chi connectivity index (χ0n) is 32.1. The highest BCUT2D eigenvalue weighted by atomic mass is 16.3. The Balaban J connectivity index is 3.50. The SMILES string of the molecule is CCCCCCCCCC/C=C/CCCC[C@@H](O)[C@H](CO)NC(=O)CCCCCCCCCCCCCCCCCCCCCCC. The van der Waals surface area contributed by atoms with Crippen molar-refractivity contribution < 1.29 is 15.0 Å². The van der Waals surface area contributed by atoms with Crippen LogP contribution in [0.25, 0.3) is 0 Å². The van der Waals surface area contributed by atoms with Gasteiger partial charge in [0, 0.05) is 6.42 Å². The number of carbonyl (C=O) groups excluding carboxylic acids is 1. The van der Waals surface area contributed by atoms with E-state index in [4.69, 9.17) is 0 Å². The molecule has 4 heteroatoms. The summed E-state index contributed by atoms with van der Waals surface area (Å²) in [5, 5.41) is 23.1. The summed E-state index contributed by atoms with van der Waals surface area (Å²) in [5.74, 6) is -0.0372. The lowest BCUT2D eigenvalue weighted by Gasteiger charge is -2.22. The predicted molar refractivity (Wildman–Crippen MR) is 207 cm³/mol. The fourth-order valence-corrected chi connectivity index (χ4v) is 6.71. The highest BCUT2D eigenvalue weighted by Gasteiger charge is 2.19. The van der Waals surface area contributed by atoms with E-state index in [0.717, 1.165) is 32.1 Å². The third-order valence-corrected chi connectivity index (χ3v) is 10.0. The van der Waals surface area contributed by atoms with Crippen LogP contribution in [-0.4, -0.2) is 34.9 Å². The van der Waals surface area contributed by atoms with Gasteiger partial charge >= 0.3 is 0 Å². The first-order valence-corrected chi connectivity index (χ1v) is 21.4. The van der Waals surface area contributed by atoms with Gasteiger partial charge < -0.3 is 15.5 Å². The van der Waals surface area contributed by atoms with Crippen LogP contribution in [0.5, 0.6) is 0 Å². The number of hydrogen-bond acceptors (Lipinski definition) is 3. The molecular formula is C43H85NO3. The summed E-state index contributed by atoms with van der Waals surface area (Å²) < 4.78 is 0. The maximum Gasteiger partial charge on any atom is 0.220 e. The molecule has 0 aromatic carbocycles. The maximum absolute atomic E-state index is 12.4. The standard InChI is InChI=1S/C43H85NO3/c1-3-5-7-9-11-13-15-17-19-20-21-22-23-24-25-27-29-31-33-35-37-39-43(47)44-41(40-45)42(46)38-36-34-32-30-28-26-18-16-14-12-10-8-6-4-2/h28,30,41-42,45-46H,3-27,29,31-40H2,1-2H3,(H,44,47)/b30-28+/t41-,42+/m0/s1. The Morgan fingerprint density at radius 1 is 0.489 bits per heavy atom. The largest absolute Gasteiger partial charge is 0.394 e. The molecule has 0 unspecified atom stereocenters. The van der Waals surface area contributed by atoms with Gasteiger partial charge in [-0.15, -0.1) is 0 Å². The molecule has 0 bridgehead atoms. The van der Waals surface area contributed by atoms with Crippen LogP contribution < -0.4 is 5.32 Å². The fourth-order valence-electron chi connectivity index (χ4n) is 6.71. The second-order valence-corrected chi connectivity index (χ2v) is 14.8. The van der Waals surface area contributed by atoms with E-state index >= 15 is 0 Å². The molecule has 0 rings (SSSR count). The van der Waals surface area contributed by atoms with Crippen molar-refractivity contribution in [2.24, 2.45) is 0 Å². The highest BCUT2D eigenvalue weighted by Crippen LogP contribution is 2.16. The summed E-state index contributed by atoms with van der Waals surface area (Å²) in [5.41, 5.74) is 0. The number of unbranched alkanes of at least 4 members (excludes halogenated alkanes) is 30. The van der Waals surface area contributed by atoms with Crippen molar-refractivity contribution in [3.63, 3.8) is 0 Å². The Kier molecular flexibility index (Phi) is 38.8. The van der Waals surface area contributed by atoms with Gasteiger partial charge in [-0.1, -0.05) is 206 Å². The van der Waals surface area contributed by atoms with Crippen LogP contribution in [-0.2, 0) is 4.79 Å². The van der Waals surface area contributed by atoms with Gasteiger partial charge in [-0.25, -0.2) is 0 Å². The molecule has 0 aliphatic heterocycles. The molecule has 3 N–H and O–H groups in total. The molecule has 0 saturated heterocycles. The summed E-state index contributed by atoms with van der Waals surface area (Å²) in [6.45, 7) is 4.36. The molecule has 0 heterocycles. The Hall–Kier alpha value is -0.870. The quantitative estimate of drug-likeness (QED) is 0.0453. The third kappa shape index (κ3) is 36.2. The van der Waals surface area contributed by atoms with E-state index in [-0.39, 0.29) is 12.5 Å². The van der Waals surface area contributed by atoms with Gasteiger partial charge in [0.05, 0.1) is 18.8 Å². The number of aliphatic hydroxyl groups is 2. The average Bonchev–Trinajstić information content (AvgIpc) is 3.07. The van der Waals surface area contributed by atoms with Crippen molar-refractivity contribution in [1.29, 1.82) is 0 Å². The summed E-state index contributed by atoms with van der Waals surface area (Å²) in [4.78, 5) is 12.4. The van der Waals surface area contributed by atoms with Gasteiger partial charge in [-0.05, 0) is 38.5 Å². The van der Waals surface area contributed by atoms with E-state index < -0.39 is 12.1 Å². The first kappa shape index (κ1) is 46.1. The summed E-state index contributed by atoms with van der Waals surface area (Å²) in [7, 11) is 0. The van der Waals surface area contributed by atoms with Crippen LogP contribution in [0.15, 0.2) is 12.2 Å². The maximum atomic E-state index is 12.4. The molecule has 0 spiro atoms. The first-order valence-electron chi connectivity index (χ1n) is 21.4. The second kappa shape index (κ2) is 39.6. The molecule has 4 nitrogen and oxygen atoms in total. The van der Waals surface area contributed by atoms with Crippen LogP contribution in [0.4, 0.5) is 0 Å². The molecule has 0 fully saturated rings. The lowest BCUT2D eigenvalue weighted by molar-refractivity contribution is -0.123. The van der Waals surface area contributed by atoms with Crippen molar-refractivity contribution in [2.45, 2.75) is 251 Å². The van der Waals surface area contributed by atoms with Gasteiger partial charge in [-0.3, -0.25) is 4.79 Å². The monoisotopic (exact) mass is 664 g/mol. The highest BCUT2D eigenvalue weighted by molar-refractivity contribution is 5.76. The number of rotatable bonds is 39. The molecule has 2 atom stereocenters. The lowest BCUT2D eigenvalue weighted by Crippen LogP contribution is -2.45. The number of hydrogen-bond donors (Lipinski definition) is 3.